The molecule has 0 heterocycles. The highest BCUT2D eigenvalue weighted by Gasteiger charge is 2.35. The van der Waals surface area contributed by atoms with Gasteiger partial charge < -0.3 is 19.7 Å². The molecule has 4 rings (SSSR count). The van der Waals surface area contributed by atoms with Crippen molar-refractivity contribution in [3.05, 3.63) is 119 Å². The molecule has 0 unspecified atom stereocenters. The third kappa shape index (κ3) is 8.67. The van der Waals surface area contributed by atoms with Crippen LogP contribution in [0, 0.1) is 0 Å². The van der Waals surface area contributed by atoms with E-state index >= 15 is 0 Å². The maximum atomic E-state index is 14.6. The first kappa shape index (κ1) is 34.5. The third-order valence-electron chi connectivity index (χ3n) is 7.33. The number of hydrogen-bond donors (Lipinski definition) is 1. The van der Waals surface area contributed by atoms with E-state index in [1.54, 1.807) is 30.3 Å². The van der Waals surface area contributed by atoms with Gasteiger partial charge in [-0.2, -0.15) is 0 Å². The molecule has 0 radical (unpaired) electrons. The highest BCUT2D eigenvalue weighted by molar-refractivity contribution is 9.10. The number of nitrogens with one attached hydrogen (secondary N) is 1. The van der Waals surface area contributed by atoms with Crippen LogP contribution in [-0.4, -0.2) is 58.5 Å². The Bertz CT molecular complexity index is 1720. The Morgan fingerprint density at radius 1 is 0.826 bits per heavy atom. The minimum absolute atomic E-state index is 0.0117. The van der Waals surface area contributed by atoms with Gasteiger partial charge in [0.25, 0.3) is 10.0 Å². The zero-order chi connectivity index (χ0) is 33.1. The molecule has 1 atom stereocenters. The molecule has 0 aromatic heterocycles. The SMILES string of the molecule is CCCNC(=O)[C@H](Cc1ccccc1)N(Cc1cccc(Br)c1)C(=O)CN(c1ccc(OC)c(OC)c1)S(=O)(=O)c1ccccc1. The maximum absolute atomic E-state index is 14.6. The predicted octanol–water partition coefficient (Wildman–Crippen LogP) is 5.83. The van der Waals surface area contributed by atoms with Gasteiger partial charge in [0, 0.05) is 30.0 Å². The molecule has 11 heteroatoms. The van der Waals surface area contributed by atoms with E-state index in [0.717, 1.165) is 19.9 Å². The summed E-state index contributed by atoms with van der Waals surface area (Å²) in [5.41, 5.74) is 1.83. The van der Waals surface area contributed by atoms with Crippen LogP contribution in [0.3, 0.4) is 0 Å². The van der Waals surface area contributed by atoms with E-state index in [4.69, 9.17) is 9.47 Å². The summed E-state index contributed by atoms with van der Waals surface area (Å²) in [5.74, 6) is -0.173. The van der Waals surface area contributed by atoms with E-state index < -0.39 is 28.5 Å². The highest BCUT2D eigenvalue weighted by Crippen LogP contribution is 2.34. The van der Waals surface area contributed by atoms with Crippen LogP contribution in [-0.2, 0) is 32.6 Å². The van der Waals surface area contributed by atoms with Gasteiger partial charge in [-0.1, -0.05) is 83.5 Å². The van der Waals surface area contributed by atoms with Crippen LogP contribution in [0.5, 0.6) is 11.5 Å². The Morgan fingerprint density at radius 3 is 2.11 bits per heavy atom. The quantitative estimate of drug-likeness (QED) is 0.167. The lowest BCUT2D eigenvalue weighted by atomic mass is 10.0. The number of hydrogen-bond acceptors (Lipinski definition) is 6. The van der Waals surface area contributed by atoms with Crippen LogP contribution in [0.2, 0.25) is 0 Å². The van der Waals surface area contributed by atoms with Crippen LogP contribution < -0.4 is 19.1 Å². The Balaban J connectivity index is 1.83. The Morgan fingerprint density at radius 2 is 1.48 bits per heavy atom. The van der Waals surface area contributed by atoms with Gasteiger partial charge in [0.1, 0.15) is 12.6 Å². The van der Waals surface area contributed by atoms with Crippen LogP contribution in [0.15, 0.2) is 112 Å². The third-order valence-corrected chi connectivity index (χ3v) is 9.61. The van der Waals surface area contributed by atoms with E-state index in [2.05, 4.69) is 21.2 Å². The van der Waals surface area contributed by atoms with Gasteiger partial charge in [-0.05, 0) is 53.9 Å². The first-order chi connectivity index (χ1) is 22.2. The number of methoxy groups -OCH3 is 2. The van der Waals surface area contributed by atoms with Gasteiger partial charge in [-0.25, -0.2) is 8.42 Å². The van der Waals surface area contributed by atoms with E-state index in [-0.39, 0.29) is 29.5 Å². The van der Waals surface area contributed by atoms with Crippen molar-refractivity contribution in [1.29, 1.82) is 0 Å². The second kappa shape index (κ2) is 16.3. The maximum Gasteiger partial charge on any atom is 0.264 e. The van der Waals surface area contributed by atoms with Crippen molar-refractivity contribution in [2.24, 2.45) is 0 Å². The van der Waals surface area contributed by atoms with Crippen molar-refractivity contribution < 1.29 is 27.5 Å². The lowest BCUT2D eigenvalue weighted by Gasteiger charge is -2.34. The predicted molar refractivity (Wildman–Crippen MR) is 182 cm³/mol. The normalized spacial score (nSPS) is 11.7. The summed E-state index contributed by atoms with van der Waals surface area (Å²) in [7, 11) is -1.31. The molecule has 0 fully saturated rings. The van der Waals surface area contributed by atoms with Gasteiger partial charge >= 0.3 is 0 Å². The van der Waals surface area contributed by atoms with Crippen molar-refractivity contribution in [3.8, 4) is 11.5 Å². The highest BCUT2D eigenvalue weighted by atomic mass is 79.9. The molecule has 0 saturated heterocycles. The molecule has 0 saturated carbocycles. The molecule has 0 aliphatic rings. The topological polar surface area (TPSA) is 105 Å². The van der Waals surface area contributed by atoms with Crippen molar-refractivity contribution in [1.82, 2.24) is 10.2 Å². The van der Waals surface area contributed by atoms with Gasteiger partial charge in [0.15, 0.2) is 11.5 Å². The van der Waals surface area contributed by atoms with Gasteiger partial charge in [-0.3, -0.25) is 13.9 Å². The van der Waals surface area contributed by atoms with Gasteiger partial charge in [0.2, 0.25) is 11.8 Å². The molecule has 9 nitrogen and oxygen atoms in total. The molecule has 4 aromatic rings. The van der Waals surface area contributed by atoms with Gasteiger partial charge in [0.05, 0.1) is 24.8 Å². The first-order valence-corrected chi connectivity index (χ1v) is 17.1. The minimum atomic E-state index is -4.24. The Hall–Kier alpha value is -4.35. The molecule has 0 spiro atoms. The fourth-order valence-corrected chi connectivity index (χ4v) is 6.85. The van der Waals surface area contributed by atoms with Crippen LogP contribution >= 0.6 is 15.9 Å². The summed E-state index contributed by atoms with van der Waals surface area (Å²) in [5, 5.41) is 2.95. The molecule has 0 bridgehead atoms. The fourth-order valence-electron chi connectivity index (χ4n) is 4.98. The lowest BCUT2D eigenvalue weighted by Crippen LogP contribution is -2.53. The van der Waals surface area contributed by atoms with Crippen molar-refractivity contribution in [2.75, 3.05) is 31.6 Å². The fraction of sp³-hybridized carbons (Fsp3) is 0.257. The van der Waals surface area contributed by atoms with Crippen LogP contribution in [0.25, 0.3) is 0 Å². The minimum Gasteiger partial charge on any atom is -0.493 e. The number of sulfonamides is 1. The average molecular weight is 709 g/mol. The van der Waals surface area contributed by atoms with E-state index in [1.165, 1.54) is 37.3 Å². The van der Waals surface area contributed by atoms with Crippen molar-refractivity contribution in [3.63, 3.8) is 0 Å². The standard InChI is InChI=1S/C35H38BrN3O6S/c1-4-20-37-35(41)31(22-26-12-7-5-8-13-26)38(24-27-14-11-15-28(36)21-27)34(40)25-39(46(42,43)30-16-9-6-10-17-30)29-18-19-32(44-2)33(23-29)45-3/h5-19,21,23,31H,4,20,22,24-25H2,1-3H3,(H,37,41)/t31-/m0/s1. The molecule has 2 amide bonds. The number of nitrogens with zero attached hydrogens (tertiary/aromatic N) is 2. The van der Waals surface area contributed by atoms with Crippen LogP contribution in [0.1, 0.15) is 24.5 Å². The van der Waals surface area contributed by atoms with Crippen LogP contribution in [0.4, 0.5) is 5.69 Å². The number of carbonyl (C=O) groups excluding carboxylic acids is 2. The second-order valence-electron chi connectivity index (χ2n) is 10.5. The average Bonchev–Trinajstić information content (AvgIpc) is 3.08. The molecule has 242 valence electrons. The molecular formula is C35H38BrN3O6S. The summed E-state index contributed by atoms with van der Waals surface area (Å²) in [6.07, 6.45) is 0.948. The zero-order valence-electron chi connectivity index (χ0n) is 26.1. The number of benzene rings is 4. The summed E-state index contributed by atoms with van der Waals surface area (Å²) in [6, 6.07) is 28.5. The second-order valence-corrected chi connectivity index (χ2v) is 13.3. The smallest absolute Gasteiger partial charge is 0.264 e. The summed E-state index contributed by atoms with van der Waals surface area (Å²) < 4.78 is 41.0. The molecule has 4 aromatic carbocycles. The molecule has 0 aliphatic carbocycles. The van der Waals surface area contributed by atoms with Gasteiger partial charge in [-0.15, -0.1) is 0 Å². The number of rotatable bonds is 15. The molecule has 1 N–H and O–H groups in total. The lowest BCUT2D eigenvalue weighted by molar-refractivity contribution is -0.140. The number of amides is 2. The summed E-state index contributed by atoms with van der Waals surface area (Å²) >= 11 is 3.50. The zero-order valence-corrected chi connectivity index (χ0v) is 28.5. The largest absolute Gasteiger partial charge is 0.493 e. The number of carbonyl (C=O) groups is 2. The monoisotopic (exact) mass is 707 g/mol. The first-order valence-electron chi connectivity index (χ1n) is 14.8. The van der Waals surface area contributed by atoms with E-state index in [0.29, 0.717) is 24.5 Å². The van der Waals surface area contributed by atoms with E-state index in [9.17, 15) is 18.0 Å². The molecule has 0 aliphatic heterocycles. The van der Waals surface area contributed by atoms with E-state index in [1.807, 2.05) is 61.5 Å². The number of halogens is 1. The molecule has 46 heavy (non-hydrogen) atoms. The van der Waals surface area contributed by atoms with Crippen molar-refractivity contribution in [2.45, 2.75) is 37.2 Å². The Labute approximate surface area is 279 Å². The Kier molecular flexibility index (Phi) is 12.2. The van der Waals surface area contributed by atoms with Crippen molar-refractivity contribution >= 4 is 43.5 Å². The number of anilines is 1. The summed E-state index contributed by atoms with van der Waals surface area (Å²) in [4.78, 5) is 29.8. The number of ether oxygens (including phenoxy) is 2. The molecular weight excluding hydrogens is 670 g/mol. The summed E-state index contributed by atoms with van der Waals surface area (Å²) in [6.45, 7) is 1.88.